The Balaban J connectivity index is 2.03. The van der Waals surface area contributed by atoms with Crippen molar-refractivity contribution >= 4 is 28.9 Å². The zero-order valence-electron chi connectivity index (χ0n) is 14.7. The van der Waals surface area contributed by atoms with Gasteiger partial charge in [0.15, 0.2) is 0 Å². The zero-order valence-corrected chi connectivity index (χ0v) is 15.5. The van der Waals surface area contributed by atoms with E-state index in [9.17, 15) is 14.9 Å². The summed E-state index contributed by atoms with van der Waals surface area (Å²) in [5, 5.41) is 13.6. The second kappa shape index (κ2) is 8.64. The van der Waals surface area contributed by atoms with Crippen LogP contribution >= 0.6 is 11.6 Å². The second-order valence-electron chi connectivity index (χ2n) is 5.85. The predicted octanol–water partition coefficient (Wildman–Crippen LogP) is 3.72. The highest BCUT2D eigenvalue weighted by Gasteiger charge is 2.20. The van der Waals surface area contributed by atoms with Gasteiger partial charge in [0.05, 0.1) is 28.8 Å². The van der Waals surface area contributed by atoms with Gasteiger partial charge in [0.1, 0.15) is 5.75 Å². The number of amides is 1. The maximum atomic E-state index is 12.5. The van der Waals surface area contributed by atoms with Gasteiger partial charge >= 0.3 is 0 Å². The van der Waals surface area contributed by atoms with Crippen LogP contribution in [0, 0.1) is 10.1 Å². The molecule has 138 valence electrons. The fraction of sp³-hybridized carbons (Fsp3) is 0.278. The van der Waals surface area contributed by atoms with Gasteiger partial charge in [0, 0.05) is 18.7 Å². The highest BCUT2D eigenvalue weighted by molar-refractivity contribution is 6.34. The molecule has 0 radical (unpaired) electrons. The van der Waals surface area contributed by atoms with Crippen molar-refractivity contribution < 1.29 is 14.5 Å². The molecule has 1 N–H and O–H groups in total. The van der Waals surface area contributed by atoms with Crippen LogP contribution in [0.25, 0.3) is 0 Å². The Morgan fingerprint density at radius 1 is 1.35 bits per heavy atom. The first-order valence-corrected chi connectivity index (χ1v) is 8.27. The molecule has 8 heteroatoms. The van der Waals surface area contributed by atoms with Gasteiger partial charge in [-0.1, -0.05) is 23.7 Å². The number of ether oxygens (including phenoxy) is 1. The van der Waals surface area contributed by atoms with Gasteiger partial charge in [0.2, 0.25) is 5.91 Å². The normalized spacial score (nSPS) is 11.9. The molecule has 1 amide bonds. The van der Waals surface area contributed by atoms with Crippen LogP contribution < -0.4 is 10.1 Å². The molecule has 2 aromatic carbocycles. The fourth-order valence-corrected chi connectivity index (χ4v) is 2.57. The molecule has 0 aromatic heterocycles. The van der Waals surface area contributed by atoms with Gasteiger partial charge in [-0.05, 0) is 37.7 Å². The average Bonchev–Trinajstić information content (AvgIpc) is 2.62. The molecule has 1 unspecified atom stereocenters. The molecule has 0 saturated heterocycles. The van der Waals surface area contributed by atoms with E-state index in [1.165, 1.54) is 18.2 Å². The minimum atomic E-state index is -0.540. The Morgan fingerprint density at radius 2 is 2.08 bits per heavy atom. The summed E-state index contributed by atoms with van der Waals surface area (Å²) in [4.78, 5) is 24.6. The third-order valence-corrected chi connectivity index (χ3v) is 4.34. The van der Waals surface area contributed by atoms with Gasteiger partial charge in [-0.25, -0.2) is 0 Å². The van der Waals surface area contributed by atoms with Gasteiger partial charge in [-0.15, -0.1) is 0 Å². The number of carbonyl (C=O) groups is 1. The van der Waals surface area contributed by atoms with Crippen LogP contribution in [0.15, 0.2) is 42.5 Å². The number of nitrogens with one attached hydrogen (secondary N) is 1. The Labute approximate surface area is 156 Å². The molecule has 7 nitrogen and oxygen atoms in total. The molecular formula is C18H20ClN3O4. The van der Waals surface area contributed by atoms with Crippen molar-refractivity contribution in [1.29, 1.82) is 0 Å². The van der Waals surface area contributed by atoms with E-state index in [4.69, 9.17) is 16.3 Å². The lowest BCUT2D eigenvalue weighted by Crippen LogP contribution is -2.39. The number of halogens is 1. The first kappa shape index (κ1) is 19.7. The molecule has 0 aliphatic rings. The summed E-state index contributed by atoms with van der Waals surface area (Å²) in [6.45, 7) is 2.33. The van der Waals surface area contributed by atoms with Crippen molar-refractivity contribution in [3.63, 3.8) is 0 Å². The van der Waals surface area contributed by atoms with E-state index >= 15 is 0 Å². The van der Waals surface area contributed by atoms with Crippen molar-refractivity contribution in [1.82, 2.24) is 4.90 Å². The molecule has 26 heavy (non-hydrogen) atoms. The minimum Gasteiger partial charge on any atom is -0.497 e. The molecule has 0 bridgehead atoms. The monoisotopic (exact) mass is 377 g/mol. The van der Waals surface area contributed by atoms with Crippen molar-refractivity contribution in [2.75, 3.05) is 19.5 Å². The topological polar surface area (TPSA) is 84.7 Å². The number of rotatable bonds is 7. The van der Waals surface area contributed by atoms with E-state index < -0.39 is 11.0 Å². The first-order valence-electron chi connectivity index (χ1n) is 7.89. The van der Waals surface area contributed by atoms with E-state index in [0.29, 0.717) is 12.2 Å². The molecular weight excluding hydrogens is 358 g/mol. The average molecular weight is 378 g/mol. The molecule has 0 fully saturated rings. The number of nitro benzene ring substituents is 1. The van der Waals surface area contributed by atoms with E-state index in [1.807, 2.05) is 36.2 Å². The van der Waals surface area contributed by atoms with Crippen molar-refractivity contribution in [2.45, 2.75) is 19.5 Å². The smallest absolute Gasteiger partial charge is 0.271 e. The van der Waals surface area contributed by atoms with E-state index in [0.717, 1.165) is 11.3 Å². The van der Waals surface area contributed by atoms with Gasteiger partial charge in [-0.3, -0.25) is 19.8 Å². The summed E-state index contributed by atoms with van der Waals surface area (Å²) < 4.78 is 5.20. The van der Waals surface area contributed by atoms with Gasteiger partial charge in [-0.2, -0.15) is 0 Å². The third kappa shape index (κ3) is 4.93. The van der Waals surface area contributed by atoms with E-state index in [1.54, 1.807) is 14.0 Å². The van der Waals surface area contributed by atoms with Gasteiger partial charge in [0.25, 0.3) is 5.69 Å². The van der Waals surface area contributed by atoms with Crippen LogP contribution in [-0.2, 0) is 11.3 Å². The Bertz CT molecular complexity index is 813. The summed E-state index contributed by atoms with van der Waals surface area (Å²) in [5.41, 5.74) is 1.22. The van der Waals surface area contributed by atoms with E-state index in [2.05, 4.69) is 5.32 Å². The highest BCUT2D eigenvalue weighted by atomic mass is 35.5. The Morgan fingerprint density at radius 3 is 2.69 bits per heavy atom. The predicted molar refractivity (Wildman–Crippen MR) is 101 cm³/mol. The summed E-state index contributed by atoms with van der Waals surface area (Å²) >= 11 is 6.02. The number of nitrogens with zero attached hydrogens (tertiary/aromatic N) is 2. The SMILES string of the molecule is COc1cccc(CN(C)C(C)C(=O)Nc2ccc([N+](=O)[O-])cc2Cl)c1. The largest absolute Gasteiger partial charge is 0.497 e. The van der Waals surface area contributed by atoms with Gasteiger partial charge < -0.3 is 10.1 Å². The van der Waals surface area contributed by atoms with Crippen LogP contribution in [0.4, 0.5) is 11.4 Å². The Hall–Kier alpha value is -2.64. The number of hydrogen-bond donors (Lipinski definition) is 1. The number of methoxy groups -OCH3 is 1. The van der Waals surface area contributed by atoms with E-state index in [-0.39, 0.29) is 16.6 Å². The zero-order chi connectivity index (χ0) is 19.3. The standard InChI is InChI=1S/C18H20ClN3O4/c1-12(21(2)11-13-5-4-6-15(9-13)26-3)18(23)20-17-8-7-14(22(24)25)10-16(17)19/h4-10,12H,11H2,1-3H3,(H,20,23). The highest BCUT2D eigenvalue weighted by Crippen LogP contribution is 2.27. The fourth-order valence-electron chi connectivity index (χ4n) is 2.35. The molecule has 2 aromatic rings. The number of anilines is 1. The quantitative estimate of drug-likeness (QED) is 0.587. The molecule has 0 heterocycles. The lowest BCUT2D eigenvalue weighted by molar-refractivity contribution is -0.384. The maximum absolute atomic E-state index is 12.5. The van der Waals surface area contributed by atoms with Crippen LogP contribution in [0.5, 0.6) is 5.75 Å². The molecule has 1 atom stereocenters. The molecule has 2 rings (SSSR count). The first-order chi connectivity index (χ1) is 12.3. The number of benzene rings is 2. The van der Waals surface area contributed by atoms with Crippen molar-refractivity contribution in [3.8, 4) is 5.75 Å². The summed E-state index contributed by atoms with van der Waals surface area (Å²) in [7, 11) is 3.44. The molecule has 0 spiro atoms. The molecule has 0 aliphatic heterocycles. The van der Waals surface area contributed by atoms with Crippen LogP contribution in [0.1, 0.15) is 12.5 Å². The minimum absolute atomic E-state index is 0.121. The molecule has 0 aliphatic carbocycles. The Kier molecular flexibility index (Phi) is 6.54. The van der Waals surface area contributed by atoms with Crippen molar-refractivity contribution in [2.24, 2.45) is 0 Å². The third-order valence-electron chi connectivity index (χ3n) is 4.03. The number of nitro groups is 1. The number of likely N-dealkylation sites (N-methyl/N-ethyl adjacent to an activating group) is 1. The number of hydrogen-bond acceptors (Lipinski definition) is 5. The van der Waals surface area contributed by atoms with Crippen LogP contribution in [-0.4, -0.2) is 35.9 Å². The summed E-state index contributed by atoms with van der Waals surface area (Å²) in [5.74, 6) is 0.497. The number of non-ortho nitro benzene ring substituents is 1. The van der Waals surface area contributed by atoms with Crippen molar-refractivity contribution in [3.05, 3.63) is 63.2 Å². The lowest BCUT2D eigenvalue weighted by atomic mass is 10.1. The maximum Gasteiger partial charge on any atom is 0.271 e. The summed E-state index contributed by atoms with van der Waals surface area (Å²) in [6.07, 6.45) is 0. The molecule has 0 saturated carbocycles. The lowest BCUT2D eigenvalue weighted by Gasteiger charge is -2.24. The van der Waals surface area contributed by atoms with Crippen LogP contribution in [0.2, 0.25) is 5.02 Å². The number of carbonyl (C=O) groups excluding carboxylic acids is 1. The second-order valence-corrected chi connectivity index (χ2v) is 6.26. The summed E-state index contributed by atoms with van der Waals surface area (Å²) in [6, 6.07) is 11.1. The van der Waals surface area contributed by atoms with Crippen LogP contribution in [0.3, 0.4) is 0 Å².